The lowest BCUT2D eigenvalue weighted by Crippen LogP contribution is -2.34. The summed E-state index contributed by atoms with van der Waals surface area (Å²) in [6, 6.07) is 10.8. The average molecular weight is 206 g/mol. The lowest BCUT2D eigenvalue weighted by molar-refractivity contribution is 0.403. The normalized spacial score (nSPS) is 21.1. The van der Waals surface area contributed by atoms with Crippen molar-refractivity contribution in [1.82, 2.24) is 4.90 Å². The van der Waals surface area contributed by atoms with Gasteiger partial charge in [-0.15, -0.1) is 0 Å². The molecule has 1 fully saturated rings. The Morgan fingerprint density at radius 1 is 1.36 bits per heavy atom. The van der Waals surface area contributed by atoms with Crippen molar-refractivity contribution in [3.8, 4) is 0 Å². The van der Waals surface area contributed by atoms with Gasteiger partial charge in [0, 0.05) is 6.54 Å². The Balaban J connectivity index is 2.22. The summed E-state index contributed by atoms with van der Waals surface area (Å²) in [7, 11) is 0. The molecular weight excluding hydrogens is 192 g/mol. The van der Waals surface area contributed by atoms with Crippen molar-refractivity contribution in [2.24, 2.45) is 5.73 Å². The molecule has 0 spiro atoms. The van der Waals surface area contributed by atoms with Gasteiger partial charge in [0.1, 0.15) is 0 Å². The lowest BCUT2D eigenvalue weighted by atomic mass is 10.1. The highest BCUT2D eigenvalue weighted by molar-refractivity contribution is 7.80. The smallest absolute Gasteiger partial charge is 0.166 e. The molecule has 1 aliphatic rings. The molecule has 0 radical (unpaired) electrons. The molecular formula is C11H14N2S. The van der Waals surface area contributed by atoms with Crippen LogP contribution in [0.15, 0.2) is 30.3 Å². The Labute approximate surface area is 89.7 Å². The summed E-state index contributed by atoms with van der Waals surface area (Å²) in [4.78, 5) is 2.12. The van der Waals surface area contributed by atoms with Crippen LogP contribution in [0.25, 0.3) is 0 Å². The van der Waals surface area contributed by atoms with Crippen molar-refractivity contribution in [2.75, 3.05) is 6.54 Å². The van der Waals surface area contributed by atoms with Crippen molar-refractivity contribution in [3.63, 3.8) is 0 Å². The Morgan fingerprint density at radius 3 is 2.71 bits per heavy atom. The van der Waals surface area contributed by atoms with Crippen LogP contribution in [-0.4, -0.2) is 16.6 Å². The minimum atomic E-state index is 0.397. The Hall–Kier alpha value is -1.09. The van der Waals surface area contributed by atoms with Gasteiger partial charge in [0.15, 0.2) is 5.11 Å². The summed E-state index contributed by atoms with van der Waals surface area (Å²) in [6.07, 6.45) is 2.33. The van der Waals surface area contributed by atoms with Crippen LogP contribution in [0.1, 0.15) is 24.4 Å². The van der Waals surface area contributed by atoms with Gasteiger partial charge in [-0.1, -0.05) is 30.3 Å². The molecule has 1 aromatic rings. The molecule has 74 valence electrons. The predicted octanol–water partition coefficient (Wildman–Crippen LogP) is 2.07. The van der Waals surface area contributed by atoms with E-state index in [1.165, 1.54) is 12.0 Å². The minimum absolute atomic E-state index is 0.397. The van der Waals surface area contributed by atoms with Crippen LogP contribution in [0.2, 0.25) is 0 Å². The molecule has 0 aliphatic carbocycles. The fourth-order valence-electron chi connectivity index (χ4n) is 2.05. The van der Waals surface area contributed by atoms with Gasteiger partial charge in [0.25, 0.3) is 0 Å². The van der Waals surface area contributed by atoms with E-state index in [2.05, 4.69) is 29.2 Å². The van der Waals surface area contributed by atoms with Gasteiger partial charge >= 0.3 is 0 Å². The largest absolute Gasteiger partial charge is 0.376 e. The number of hydrogen-bond donors (Lipinski definition) is 1. The van der Waals surface area contributed by atoms with Gasteiger partial charge in [-0.25, -0.2) is 0 Å². The fraction of sp³-hybridized carbons (Fsp3) is 0.364. The summed E-state index contributed by atoms with van der Waals surface area (Å²) in [6.45, 7) is 0.995. The maximum Gasteiger partial charge on any atom is 0.166 e. The molecule has 0 amide bonds. The number of nitrogens with two attached hydrogens (primary N) is 1. The third-order valence-electron chi connectivity index (χ3n) is 2.72. The van der Waals surface area contributed by atoms with Crippen LogP contribution in [0.4, 0.5) is 0 Å². The molecule has 1 aliphatic heterocycles. The number of likely N-dealkylation sites (tertiary alicyclic amines) is 1. The Kier molecular flexibility index (Phi) is 2.68. The van der Waals surface area contributed by atoms with E-state index >= 15 is 0 Å². The molecule has 2 nitrogen and oxygen atoms in total. The maximum atomic E-state index is 5.68. The van der Waals surface area contributed by atoms with Crippen LogP contribution < -0.4 is 5.73 Å². The Morgan fingerprint density at radius 2 is 2.07 bits per heavy atom. The highest BCUT2D eigenvalue weighted by atomic mass is 32.1. The average Bonchev–Trinajstić information content (AvgIpc) is 2.67. The second-order valence-electron chi connectivity index (χ2n) is 3.60. The van der Waals surface area contributed by atoms with Crippen LogP contribution in [-0.2, 0) is 0 Å². The lowest BCUT2D eigenvalue weighted by Gasteiger charge is -2.25. The summed E-state index contributed by atoms with van der Waals surface area (Å²) < 4.78 is 0. The summed E-state index contributed by atoms with van der Waals surface area (Å²) in [5.41, 5.74) is 7.00. The van der Waals surface area contributed by atoms with E-state index < -0.39 is 0 Å². The quantitative estimate of drug-likeness (QED) is 0.713. The van der Waals surface area contributed by atoms with Crippen molar-refractivity contribution in [1.29, 1.82) is 0 Å². The molecule has 1 unspecified atom stereocenters. The second kappa shape index (κ2) is 3.96. The summed E-state index contributed by atoms with van der Waals surface area (Å²) in [5, 5.41) is 0.524. The zero-order valence-corrected chi connectivity index (χ0v) is 8.83. The number of thiocarbonyl (C=S) groups is 1. The highest BCUT2D eigenvalue weighted by Crippen LogP contribution is 2.31. The third kappa shape index (κ3) is 1.73. The van der Waals surface area contributed by atoms with E-state index in [1.54, 1.807) is 0 Å². The first-order valence-corrected chi connectivity index (χ1v) is 5.31. The number of hydrogen-bond acceptors (Lipinski definition) is 1. The molecule has 2 N–H and O–H groups in total. The highest BCUT2D eigenvalue weighted by Gasteiger charge is 2.26. The molecule has 0 bridgehead atoms. The van der Waals surface area contributed by atoms with Gasteiger partial charge in [0.05, 0.1) is 6.04 Å². The van der Waals surface area contributed by atoms with Crippen molar-refractivity contribution in [2.45, 2.75) is 18.9 Å². The van der Waals surface area contributed by atoms with Gasteiger partial charge < -0.3 is 10.6 Å². The van der Waals surface area contributed by atoms with E-state index in [4.69, 9.17) is 18.0 Å². The van der Waals surface area contributed by atoms with Crippen LogP contribution in [0.5, 0.6) is 0 Å². The molecule has 2 rings (SSSR count). The van der Waals surface area contributed by atoms with Crippen molar-refractivity contribution < 1.29 is 0 Å². The van der Waals surface area contributed by atoms with E-state index in [-0.39, 0.29) is 0 Å². The zero-order valence-electron chi connectivity index (χ0n) is 8.02. The van der Waals surface area contributed by atoms with E-state index in [1.807, 2.05) is 6.07 Å². The predicted molar refractivity (Wildman–Crippen MR) is 61.9 cm³/mol. The van der Waals surface area contributed by atoms with E-state index in [0.717, 1.165) is 13.0 Å². The van der Waals surface area contributed by atoms with Crippen LogP contribution >= 0.6 is 12.2 Å². The molecule has 1 heterocycles. The number of nitrogens with zero attached hydrogens (tertiary/aromatic N) is 1. The van der Waals surface area contributed by atoms with Gasteiger partial charge in [0.2, 0.25) is 0 Å². The fourth-order valence-corrected chi connectivity index (χ4v) is 2.27. The van der Waals surface area contributed by atoms with Gasteiger partial charge in [-0.2, -0.15) is 0 Å². The van der Waals surface area contributed by atoms with Gasteiger partial charge in [-0.05, 0) is 30.6 Å². The molecule has 1 aromatic carbocycles. The molecule has 3 heteroatoms. The van der Waals surface area contributed by atoms with Crippen LogP contribution in [0.3, 0.4) is 0 Å². The minimum Gasteiger partial charge on any atom is -0.376 e. The molecule has 1 atom stereocenters. The van der Waals surface area contributed by atoms with E-state index in [0.29, 0.717) is 11.2 Å². The molecule has 1 saturated heterocycles. The first-order valence-electron chi connectivity index (χ1n) is 4.90. The third-order valence-corrected chi connectivity index (χ3v) is 2.95. The summed E-state index contributed by atoms with van der Waals surface area (Å²) >= 11 is 5.04. The zero-order chi connectivity index (χ0) is 9.97. The first-order chi connectivity index (χ1) is 6.79. The number of benzene rings is 1. The molecule has 0 aromatic heterocycles. The SMILES string of the molecule is NC(=S)N1CCCC1c1ccccc1. The topological polar surface area (TPSA) is 29.3 Å². The van der Waals surface area contributed by atoms with Crippen molar-refractivity contribution in [3.05, 3.63) is 35.9 Å². The molecule has 14 heavy (non-hydrogen) atoms. The maximum absolute atomic E-state index is 5.68. The standard InChI is InChI=1S/C11H14N2S/c12-11(14)13-8-4-7-10(13)9-5-2-1-3-6-9/h1-3,5-6,10H,4,7-8H2,(H2,12,14). The van der Waals surface area contributed by atoms with Gasteiger partial charge in [-0.3, -0.25) is 0 Å². The second-order valence-corrected chi connectivity index (χ2v) is 4.02. The van der Waals surface area contributed by atoms with Crippen LogP contribution in [0, 0.1) is 0 Å². The molecule has 0 saturated carbocycles. The Bertz CT molecular complexity index is 323. The summed E-state index contributed by atoms with van der Waals surface area (Å²) in [5.74, 6) is 0. The van der Waals surface area contributed by atoms with E-state index in [9.17, 15) is 0 Å². The monoisotopic (exact) mass is 206 g/mol. The van der Waals surface area contributed by atoms with Crippen molar-refractivity contribution >= 4 is 17.3 Å². The first kappa shape index (κ1) is 9.46. The number of rotatable bonds is 1.